The van der Waals surface area contributed by atoms with E-state index in [9.17, 15) is 4.79 Å². The minimum absolute atomic E-state index is 0.378. The van der Waals surface area contributed by atoms with Crippen LogP contribution in [-0.4, -0.2) is 5.91 Å². The fraction of sp³-hybridized carbons (Fsp3) is 0.125. The highest BCUT2D eigenvalue weighted by molar-refractivity contribution is 8.00. The number of carbonyl (C=O) groups is 1. The molecule has 0 spiro atoms. The van der Waals surface area contributed by atoms with Gasteiger partial charge < -0.3 is 10.5 Å². The van der Waals surface area contributed by atoms with Crippen molar-refractivity contribution >= 4 is 23.5 Å². The van der Waals surface area contributed by atoms with Crippen LogP contribution >= 0.6 is 11.9 Å². The van der Waals surface area contributed by atoms with Crippen molar-refractivity contribution in [1.29, 1.82) is 0 Å². The van der Waals surface area contributed by atoms with Gasteiger partial charge in [-0.15, -0.1) is 0 Å². The van der Waals surface area contributed by atoms with Crippen molar-refractivity contribution in [1.82, 2.24) is 0 Å². The van der Waals surface area contributed by atoms with E-state index < -0.39 is 0 Å². The maximum absolute atomic E-state index is 10.8. The van der Waals surface area contributed by atoms with Gasteiger partial charge in [0.1, 0.15) is 0 Å². The average molecular weight is 180 g/mol. The number of hydrogen-bond donors (Lipinski definition) is 2. The summed E-state index contributed by atoms with van der Waals surface area (Å²) in [6.45, 7) is 0. The molecule has 0 atom stereocenters. The van der Waals surface area contributed by atoms with Crippen molar-refractivity contribution in [3.63, 3.8) is 0 Å². The van der Waals surface area contributed by atoms with E-state index in [2.05, 4.69) is 4.72 Å². The van der Waals surface area contributed by atoms with Crippen molar-refractivity contribution in [2.24, 2.45) is 5.73 Å². The lowest BCUT2D eigenvalue weighted by atomic mass is 10.1. The number of nitrogens with two attached hydrogens (primary N) is 1. The van der Waals surface area contributed by atoms with Crippen LogP contribution in [0, 0.1) is 0 Å². The fourth-order valence-corrected chi connectivity index (χ4v) is 1.97. The summed E-state index contributed by atoms with van der Waals surface area (Å²) in [5.41, 5.74) is 7.93. The topological polar surface area (TPSA) is 55.1 Å². The quantitative estimate of drug-likeness (QED) is 0.641. The Hall–Kier alpha value is -1.16. The second-order valence-corrected chi connectivity index (χ2v) is 3.41. The molecule has 62 valence electrons. The van der Waals surface area contributed by atoms with Gasteiger partial charge in [0.2, 0.25) is 5.91 Å². The SMILES string of the molecule is NC(=O)c1ccc2c(c1)NSC2. The fourth-order valence-electron chi connectivity index (χ4n) is 1.14. The molecule has 2 rings (SSSR count). The molecule has 3 N–H and O–H groups in total. The molecule has 1 aromatic carbocycles. The lowest BCUT2D eigenvalue weighted by Crippen LogP contribution is -2.10. The van der Waals surface area contributed by atoms with Crippen molar-refractivity contribution in [3.05, 3.63) is 29.3 Å². The zero-order chi connectivity index (χ0) is 8.55. The van der Waals surface area contributed by atoms with Gasteiger partial charge in [-0.05, 0) is 29.6 Å². The van der Waals surface area contributed by atoms with E-state index in [1.165, 1.54) is 5.56 Å². The summed E-state index contributed by atoms with van der Waals surface area (Å²) >= 11 is 1.62. The molecule has 0 aliphatic carbocycles. The Morgan fingerprint density at radius 1 is 1.58 bits per heavy atom. The van der Waals surface area contributed by atoms with E-state index in [0.29, 0.717) is 5.56 Å². The monoisotopic (exact) mass is 180 g/mol. The van der Waals surface area contributed by atoms with E-state index in [1.807, 2.05) is 6.07 Å². The van der Waals surface area contributed by atoms with E-state index >= 15 is 0 Å². The van der Waals surface area contributed by atoms with Crippen LogP contribution < -0.4 is 10.5 Å². The Labute approximate surface area is 74.5 Å². The second-order valence-electron chi connectivity index (χ2n) is 2.63. The molecule has 3 nitrogen and oxygen atoms in total. The lowest BCUT2D eigenvalue weighted by molar-refractivity contribution is 0.100. The molecule has 1 aliphatic rings. The summed E-state index contributed by atoms with van der Waals surface area (Å²) in [7, 11) is 0. The first-order valence-corrected chi connectivity index (χ1v) is 4.56. The Kier molecular flexibility index (Phi) is 1.69. The van der Waals surface area contributed by atoms with Crippen molar-refractivity contribution in [2.45, 2.75) is 5.75 Å². The molecule has 1 heterocycles. The number of rotatable bonds is 1. The number of nitrogens with one attached hydrogen (secondary N) is 1. The van der Waals surface area contributed by atoms with Crippen LogP contribution in [0.5, 0.6) is 0 Å². The molecule has 1 aliphatic heterocycles. The zero-order valence-corrected chi connectivity index (χ0v) is 7.15. The predicted molar refractivity (Wildman–Crippen MR) is 49.9 cm³/mol. The van der Waals surface area contributed by atoms with E-state index in [0.717, 1.165) is 11.4 Å². The number of fused-ring (bicyclic) bond motifs is 1. The summed E-state index contributed by atoms with van der Waals surface area (Å²) in [5, 5.41) is 0. The maximum atomic E-state index is 10.8. The van der Waals surface area contributed by atoms with Gasteiger partial charge >= 0.3 is 0 Å². The Morgan fingerprint density at radius 2 is 2.42 bits per heavy atom. The first kappa shape index (κ1) is 7.49. The largest absolute Gasteiger partial charge is 0.366 e. The maximum Gasteiger partial charge on any atom is 0.248 e. The van der Waals surface area contributed by atoms with Crippen LogP contribution in [0.2, 0.25) is 0 Å². The molecule has 0 bridgehead atoms. The van der Waals surface area contributed by atoms with Gasteiger partial charge in [-0.1, -0.05) is 6.07 Å². The summed E-state index contributed by atoms with van der Waals surface area (Å²) in [6, 6.07) is 5.48. The van der Waals surface area contributed by atoms with Crippen LogP contribution in [0.15, 0.2) is 18.2 Å². The van der Waals surface area contributed by atoms with Crippen LogP contribution in [-0.2, 0) is 5.75 Å². The Morgan fingerprint density at radius 3 is 3.17 bits per heavy atom. The molecule has 12 heavy (non-hydrogen) atoms. The number of primary amides is 1. The Balaban J connectivity index is 2.45. The van der Waals surface area contributed by atoms with Gasteiger partial charge in [0, 0.05) is 17.0 Å². The van der Waals surface area contributed by atoms with Crippen LogP contribution in [0.1, 0.15) is 15.9 Å². The molecule has 0 aromatic heterocycles. The van der Waals surface area contributed by atoms with Gasteiger partial charge in [0.05, 0.1) is 0 Å². The highest BCUT2D eigenvalue weighted by Crippen LogP contribution is 2.31. The Bertz CT molecular complexity index is 338. The van der Waals surface area contributed by atoms with Gasteiger partial charge in [0.25, 0.3) is 0 Å². The van der Waals surface area contributed by atoms with Crippen molar-refractivity contribution in [2.75, 3.05) is 4.72 Å². The number of amides is 1. The first-order valence-electron chi connectivity index (χ1n) is 3.58. The molecule has 0 fully saturated rings. The first-order chi connectivity index (χ1) is 5.77. The standard InChI is InChI=1S/C8H8N2OS/c9-8(11)5-1-2-6-4-12-10-7(6)3-5/h1-3,10H,4H2,(H2,9,11). The minimum atomic E-state index is -0.378. The van der Waals surface area contributed by atoms with Gasteiger partial charge in [-0.2, -0.15) is 0 Å². The highest BCUT2D eigenvalue weighted by atomic mass is 32.2. The molecule has 0 saturated carbocycles. The van der Waals surface area contributed by atoms with E-state index in [-0.39, 0.29) is 5.91 Å². The number of hydrogen-bond acceptors (Lipinski definition) is 3. The summed E-state index contributed by atoms with van der Waals surface area (Å²) in [6.07, 6.45) is 0. The molecular formula is C8H8N2OS. The second kappa shape index (κ2) is 2.71. The average Bonchev–Trinajstić information content (AvgIpc) is 2.49. The molecule has 1 amide bonds. The van der Waals surface area contributed by atoms with Gasteiger partial charge in [0.15, 0.2) is 0 Å². The third kappa shape index (κ3) is 1.14. The molecule has 0 saturated heterocycles. The third-order valence-corrected chi connectivity index (χ3v) is 2.62. The normalized spacial score (nSPS) is 13.7. The van der Waals surface area contributed by atoms with Crippen LogP contribution in [0.25, 0.3) is 0 Å². The molecule has 1 aromatic rings. The smallest absolute Gasteiger partial charge is 0.248 e. The molecular weight excluding hydrogens is 172 g/mol. The predicted octanol–water partition coefficient (Wildman–Crippen LogP) is 1.36. The van der Waals surface area contributed by atoms with Crippen molar-refractivity contribution < 1.29 is 4.79 Å². The number of carbonyl (C=O) groups excluding carboxylic acids is 1. The lowest BCUT2D eigenvalue weighted by Gasteiger charge is -1.99. The summed E-state index contributed by atoms with van der Waals surface area (Å²) in [5.74, 6) is 0.575. The zero-order valence-electron chi connectivity index (χ0n) is 6.33. The number of benzene rings is 1. The summed E-state index contributed by atoms with van der Waals surface area (Å²) in [4.78, 5) is 10.8. The van der Waals surface area contributed by atoms with Gasteiger partial charge in [-0.3, -0.25) is 4.79 Å². The molecule has 0 unspecified atom stereocenters. The summed E-state index contributed by atoms with van der Waals surface area (Å²) < 4.78 is 3.10. The van der Waals surface area contributed by atoms with E-state index in [1.54, 1.807) is 24.1 Å². The minimum Gasteiger partial charge on any atom is -0.366 e. The van der Waals surface area contributed by atoms with Crippen LogP contribution in [0.3, 0.4) is 0 Å². The van der Waals surface area contributed by atoms with E-state index in [4.69, 9.17) is 5.73 Å². The van der Waals surface area contributed by atoms with Crippen LogP contribution in [0.4, 0.5) is 5.69 Å². The van der Waals surface area contributed by atoms with Gasteiger partial charge in [-0.25, -0.2) is 0 Å². The van der Waals surface area contributed by atoms with Crippen molar-refractivity contribution in [3.8, 4) is 0 Å². The molecule has 0 radical (unpaired) electrons. The number of anilines is 1. The highest BCUT2D eigenvalue weighted by Gasteiger charge is 2.11. The molecule has 4 heteroatoms. The third-order valence-electron chi connectivity index (χ3n) is 1.80.